The largest absolute Gasteiger partial charge is 0.462 e. The average molecular weight is 1100 g/mol. The van der Waals surface area contributed by atoms with Crippen molar-refractivity contribution in [2.24, 2.45) is 0 Å². The van der Waals surface area contributed by atoms with Gasteiger partial charge >= 0.3 is 17.9 Å². The molecule has 0 aromatic carbocycles. The average Bonchev–Trinajstić information content (AvgIpc) is 3.45. The molecule has 1 atom stereocenters. The third-order valence-electron chi connectivity index (χ3n) is 15.2. The second-order valence-corrected chi connectivity index (χ2v) is 23.1. The first-order valence-corrected chi connectivity index (χ1v) is 34.4. The highest BCUT2D eigenvalue weighted by Gasteiger charge is 2.19. The Morgan fingerprint density at radius 3 is 0.709 bits per heavy atom. The van der Waals surface area contributed by atoms with E-state index >= 15 is 0 Å². The summed E-state index contributed by atoms with van der Waals surface area (Å²) in [6.07, 6.45) is 87.7. The quantitative estimate of drug-likeness (QED) is 0.0261. The molecule has 0 N–H and O–H groups in total. The number of esters is 3. The van der Waals surface area contributed by atoms with E-state index in [1.165, 1.54) is 218 Å². The molecule has 6 heteroatoms. The molecule has 0 aliphatic rings. The molecule has 0 rings (SSSR count). The van der Waals surface area contributed by atoms with E-state index in [1.54, 1.807) is 0 Å². The van der Waals surface area contributed by atoms with Crippen molar-refractivity contribution in [2.45, 2.75) is 361 Å². The Bertz CT molecular complexity index is 1450. The summed E-state index contributed by atoms with van der Waals surface area (Å²) in [5.74, 6) is -0.885. The molecule has 0 fully saturated rings. The van der Waals surface area contributed by atoms with Crippen molar-refractivity contribution in [3.8, 4) is 0 Å². The minimum absolute atomic E-state index is 0.0811. The molecule has 0 spiro atoms. The summed E-state index contributed by atoms with van der Waals surface area (Å²) in [6.45, 7) is 6.62. The van der Waals surface area contributed by atoms with Crippen LogP contribution in [0.5, 0.6) is 0 Å². The predicted octanol–water partition coefficient (Wildman–Crippen LogP) is 23.7. The third kappa shape index (κ3) is 65.5. The lowest BCUT2D eigenvalue weighted by Crippen LogP contribution is -2.30. The van der Waals surface area contributed by atoms with Crippen LogP contribution in [0.25, 0.3) is 0 Å². The fraction of sp³-hybridized carbons (Fsp3) is 0.795. The number of carbonyl (C=O) groups excluding carboxylic acids is 3. The summed E-state index contributed by atoms with van der Waals surface area (Å²) in [4.78, 5) is 38.4. The molecule has 458 valence electrons. The smallest absolute Gasteiger partial charge is 0.306 e. The zero-order valence-corrected chi connectivity index (χ0v) is 52.6. The topological polar surface area (TPSA) is 78.9 Å². The predicted molar refractivity (Wildman–Crippen MR) is 344 cm³/mol. The Hall–Kier alpha value is -3.15. The van der Waals surface area contributed by atoms with Gasteiger partial charge in [0.25, 0.3) is 0 Å². The van der Waals surface area contributed by atoms with Crippen LogP contribution < -0.4 is 0 Å². The standard InChI is InChI=1S/C73H130O6/c1-4-7-10-13-16-19-22-25-28-31-33-34-35-36-37-38-39-40-41-43-45-48-51-54-57-60-63-66-72(75)78-69-70(68-77-71(74)65-62-59-56-53-50-47-44-30-27-24-21-18-15-12-9-6-3)79-73(76)67-64-61-58-55-52-49-46-42-32-29-26-23-20-17-14-11-8-5-2/h20-25,29-33,44,70H,4-19,26-28,34-43,45-69H2,1-3H3/b23-20-,24-21-,25-22-,32-29-,33-31-,44-30-. The number of hydrogen-bond donors (Lipinski definition) is 0. The molecule has 0 saturated carbocycles. The highest BCUT2D eigenvalue weighted by atomic mass is 16.6. The molecule has 0 saturated heterocycles. The van der Waals surface area contributed by atoms with Crippen molar-refractivity contribution in [1.82, 2.24) is 0 Å². The number of carbonyl (C=O) groups is 3. The van der Waals surface area contributed by atoms with E-state index in [0.717, 1.165) is 96.3 Å². The maximum atomic E-state index is 12.9. The molecule has 79 heavy (non-hydrogen) atoms. The van der Waals surface area contributed by atoms with Crippen molar-refractivity contribution in [3.63, 3.8) is 0 Å². The number of ether oxygens (including phenoxy) is 3. The van der Waals surface area contributed by atoms with Crippen molar-refractivity contribution in [1.29, 1.82) is 0 Å². The first-order chi connectivity index (χ1) is 39.0. The number of hydrogen-bond acceptors (Lipinski definition) is 6. The molecule has 0 bridgehead atoms. The molecule has 0 aliphatic heterocycles. The molecule has 6 nitrogen and oxygen atoms in total. The highest BCUT2D eigenvalue weighted by molar-refractivity contribution is 5.71. The van der Waals surface area contributed by atoms with Gasteiger partial charge in [-0.1, -0.05) is 293 Å². The SMILES string of the molecule is CCCCCC/C=C\C/C=C\CCCCCCCCCC(=O)OC(COC(=O)CCCCCCC/C=C\C/C=C\CCCCCC)COC(=O)CCCCCCCCCCCCCCCCC/C=C\C/C=C\CCCCCCC. The minimum atomic E-state index is -0.787. The molecular formula is C73H130O6. The lowest BCUT2D eigenvalue weighted by Gasteiger charge is -2.18. The normalized spacial score (nSPS) is 12.5. The van der Waals surface area contributed by atoms with E-state index in [4.69, 9.17) is 14.2 Å². The molecule has 1 unspecified atom stereocenters. The van der Waals surface area contributed by atoms with Gasteiger partial charge in [-0.25, -0.2) is 0 Å². The van der Waals surface area contributed by atoms with E-state index in [-0.39, 0.29) is 31.1 Å². The summed E-state index contributed by atoms with van der Waals surface area (Å²) in [7, 11) is 0. The van der Waals surface area contributed by atoms with Gasteiger partial charge in [0.1, 0.15) is 13.2 Å². The third-order valence-corrected chi connectivity index (χ3v) is 15.2. The zero-order chi connectivity index (χ0) is 57.1. The molecule has 0 heterocycles. The van der Waals surface area contributed by atoms with Crippen LogP contribution >= 0.6 is 0 Å². The Balaban J connectivity index is 4.30. The molecule has 0 radical (unpaired) electrons. The Labute approximate surface area is 491 Å². The molecular weight excluding hydrogens is 973 g/mol. The highest BCUT2D eigenvalue weighted by Crippen LogP contribution is 2.17. The lowest BCUT2D eigenvalue weighted by atomic mass is 10.0. The van der Waals surface area contributed by atoms with E-state index in [0.29, 0.717) is 19.3 Å². The number of unbranched alkanes of at least 4 members (excludes halogenated alkanes) is 40. The van der Waals surface area contributed by atoms with Crippen molar-refractivity contribution in [3.05, 3.63) is 72.9 Å². The summed E-state index contributed by atoms with van der Waals surface area (Å²) in [5.41, 5.74) is 0. The molecule has 0 aliphatic carbocycles. The summed E-state index contributed by atoms with van der Waals surface area (Å²) in [5, 5.41) is 0. The van der Waals surface area contributed by atoms with E-state index in [2.05, 4.69) is 93.7 Å². The Morgan fingerprint density at radius 2 is 0.456 bits per heavy atom. The van der Waals surface area contributed by atoms with Crippen molar-refractivity contribution < 1.29 is 28.6 Å². The fourth-order valence-electron chi connectivity index (χ4n) is 9.95. The maximum absolute atomic E-state index is 12.9. The Morgan fingerprint density at radius 1 is 0.253 bits per heavy atom. The van der Waals surface area contributed by atoms with Gasteiger partial charge in [0.15, 0.2) is 6.10 Å². The Kier molecular flexibility index (Phi) is 64.7. The van der Waals surface area contributed by atoms with Gasteiger partial charge in [-0.05, 0) is 116 Å². The number of allylic oxidation sites excluding steroid dienone is 12. The van der Waals surface area contributed by atoms with Gasteiger partial charge in [0.05, 0.1) is 0 Å². The van der Waals surface area contributed by atoms with Gasteiger partial charge in [0.2, 0.25) is 0 Å². The van der Waals surface area contributed by atoms with Crippen molar-refractivity contribution >= 4 is 17.9 Å². The van der Waals surface area contributed by atoms with E-state index < -0.39 is 6.10 Å². The minimum Gasteiger partial charge on any atom is -0.462 e. The molecule has 0 amide bonds. The van der Waals surface area contributed by atoms with Gasteiger partial charge in [0, 0.05) is 19.3 Å². The van der Waals surface area contributed by atoms with Gasteiger partial charge < -0.3 is 14.2 Å². The lowest BCUT2D eigenvalue weighted by molar-refractivity contribution is -0.167. The first kappa shape index (κ1) is 75.8. The summed E-state index contributed by atoms with van der Waals surface area (Å²) < 4.78 is 17.0. The van der Waals surface area contributed by atoms with Crippen LogP contribution in [0, 0.1) is 0 Å². The van der Waals surface area contributed by atoms with E-state index in [1.807, 2.05) is 0 Å². The van der Waals surface area contributed by atoms with Crippen LogP contribution in [-0.4, -0.2) is 37.2 Å². The summed E-state index contributed by atoms with van der Waals surface area (Å²) >= 11 is 0. The second-order valence-electron chi connectivity index (χ2n) is 23.1. The van der Waals surface area contributed by atoms with Crippen LogP contribution in [0.3, 0.4) is 0 Å². The van der Waals surface area contributed by atoms with E-state index in [9.17, 15) is 14.4 Å². The van der Waals surface area contributed by atoms with Crippen LogP contribution in [-0.2, 0) is 28.6 Å². The summed E-state index contributed by atoms with van der Waals surface area (Å²) in [6, 6.07) is 0. The van der Waals surface area contributed by atoms with Gasteiger partial charge in [-0.3, -0.25) is 14.4 Å². The van der Waals surface area contributed by atoms with Crippen molar-refractivity contribution in [2.75, 3.05) is 13.2 Å². The fourth-order valence-corrected chi connectivity index (χ4v) is 9.95. The van der Waals surface area contributed by atoms with Crippen LogP contribution in [0.15, 0.2) is 72.9 Å². The monoisotopic (exact) mass is 1100 g/mol. The maximum Gasteiger partial charge on any atom is 0.306 e. The van der Waals surface area contributed by atoms with Gasteiger partial charge in [-0.15, -0.1) is 0 Å². The first-order valence-electron chi connectivity index (χ1n) is 34.4. The molecule has 0 aromatic heterocycles. The van der Waals surface area contributed by atoms with Gasteiger partial charge in [-0.2, -0.15) is 0 Å². The van der Waals surface area contributed by atoms with Crippen LogP contribution in [0.4, 0.5) is 0 Å². The second kappa shape index (κ2) is 67.4. The van der Waals surface area contributed by atoms with Crippen LogP contribution in [0.2, 0.25) is 0 Å². The van der Waals surface area contributed by atoms with Crippen LogP contribution in [0.1, 0.15) is 355 Å². The number of rotatable bonds is 63. The molecule has 0 aromatic rings. The zero-order valence-electron chi connectivity index (χ0n) is 52.6.